The van der Waals surface area contributed by atoms with Crippen LogP contribution in [0, 0.1) is 0 Å². The lowest BCUT2D eigenvalue weighted by atomic mass is 9.99. The summed E-state index contributed by atoms with van der Waals surface area (Å²) >= 11 is 0. The molecule has 4 heteroatoms. The summed E-state index contributed by atoms with van der Waals surface area (Å²) in [6.07, 6.45) is 2.63. The fraction of sp³-hybridized carbons (Fsp3) is 0.381. The Hall–Kier alpha value is -2.17. The van der Waals surface area contributed by atoms with E-state index in [9.17, 15) is 0 Å². The van der Waals surface area contributed by atoms with E-state index in [0.717, 1.165) is 11.1 Å². The highest BCUT2D eigenvalue weighted by atomic mass is 16.5. The van der Waals surface area contributed by atoms with E-state index in [-0.39, 0.29) is 0 Å². The third-order valence-corrected chi connectivity index (χ3v) is 5.09. The Bertz CT molecular complexity index is 865. The molecule has 1 saturated heterocycles. The minimum absolute atomic E-state index is 0.396. The Labute approximate surface area is 148 Å². The minimum Gasteiger partial charge on any atom is -0.438 e. The minimum atomic E-state index is 0.396. The monoisotopic (exact) mass is 336 g/mol. The number of likely N-dealkylation sites (tertiary alicyclic amines) is 1. The van der Waals surface area contributed by atoms with Crippen LogP contribution in [0.5, 0.6) is 0 Å². The summed E-state index contributed by atoms with van der Waals surface area (Å²) in [7, 11) is 1.65. The van der Waals surface area contributed by atoms with E-state index < -0.39 is 0 Å². The summed E-state index contributed by atoms with van der Waals surface area (Å²) in [6, 6.07) is 15.5. The highest BCUT2D eigenvalue weighted by Gasteiger charge is 2.19. The maximum absolute atomic E-state index is 5.69. The Morgan fingerprint density at radius 1 is 1.12 bits per heavy atom. The molecule has 2 heterocycles. The molecule has 4 rings (SSSR count). The Morgan fingerprint density at radius 3 is 2.72 bits per heavy atom. The van der Waals surface area contributed by atoms with Crippen LogP contribution in [0.4, 0.5) is 0 Å². The van der Waals surface area contributed by atoms with Crippen LogP contribution in [0.3, 0.4) is 0 Å². The lowest BCUT2D eigenvalue weighted by Crippen LogP contribution is -2.23. The highest BCUT2D eigenvalue weighted by molar-refractivity contribution is 5.80. The van der Waals surface area contributed by atoms with Gasteiger partial charge in [0.15, 0.2) is 5.58 Å². The largest absolute Gasteiger partial charge is 0.438 e. The number of nitrogens with zero attached hydrogens (tertiary/aromatic N) is 2. The second-order valence-electron chi connectivity index (χ2n) is 6.77. The summed E-state index contributed by atoms with van der Waals surface area (Å²) in [4.78, 5) is 7.08. The molecule has 0 spiro atoms. The van der Waals surface area contributed by atoms with E-state index in [4.69, 9.17) is 9.15 Å². The van der Waals surface area contributed by atoms with Gasteiger partial charge in [0.25, 0.3) is 0 Å². The molecule has 0 radical (unpaired) electrons. The second-order valence-corrected chi connectivity index (χ2v) is 6.77. The normalized spacial score (nSPS) is 16.6. The summed E-state index contributed by atoms with van der Waals surface area (Å²) in [5.41, 5.74) is 5.45. The third kappa shape index (κ3) is 3.32. The molecule has 25 heavy (non-hydrogen) atoms. The number of hydrogen-bond donors (Lipinski definition) is 0. The number of ether oxygens (including phenoxy) is 1. The maximum Gasteiger partial charge on any atom is 0.221 e. The van der Waals surface area contributed by atoms with Crippen LogP contribution < -0.4 is 0 Å². The molecule has 1 aromatic heterocycles. The number of oxazole rings is 1. The lowest BCUT2D eigenvalue weighted by Gasteiger charge is -2.24. The zero-order chi connectivity index (χ0) is 17.2. The average Bonchev–Trinajstić information content (AvgIpc) is 3.30. The summed E-state index contributed by atoms with van der Waals surface area (Å²) in [6.45, 7) is 5.12. The van der Waals surface area contributed by atoms with Crippen LogP contribution in [0.1, 0.15) is 37.3 Å². The molecule has 1 aliphatic heterocycles. The van der Waals surface area contributed by atoms with E-state index in [1.807, 2.05) is 6.07 Å². The van der Waals surface area contributed by atoms with Crippen molar-refractivity contribution in [1.29, 1.82) is 0 Å². The van der Waals surface area contributed by atoms with Crippen molar-refractivity contribution >= 4 is 11.1 Å². The van der Waals surface area contributed by atoms with Gasteiger partial charge in [0, 0.05) is 13.2 Å². The molecule has 3 aromatic rings. The van der Waals surface area contributed by atoms with Crippen LogP contribution >= 0.6 is 0 Å². The zero-order valence-corrected chi connectivity index (χ0v) is 14.9. The fourth-order valence-corrected chi connectivity index (χ4v) is 3.66. The molecule has 0 N–H and O–H groups in total. The van der Waals surface area contributed by atoms with Gasteiger partial charge in [-0.15, -0.1) is 0 Å². The van der Waals surface area contributed by atoms with Gasteiger partial charge in [0.2, 0.25) is 5.89 Å². The van der Waals surface area contributed by atoms with E-state index in [1.54, 1.807) is 7.11 Å². The van der Waals surface area contributed by atoms with Crippen molar-refractivity contribution in [3.8, 4) is 11.1 Å². The van der Waals surface area contributed by atoms with Crippen molar-refractivity contribution in [3.63, 3.8) is 0 Å². The quantitative estimate of drug-likeness (QED) is 0.671. The predicted molar refractivity (Wildman–Crippen MR) is 99.4 cm³/mol. The van der Waals surface area contributed by atoms with E-state index in [2.05, 4.69) is 53.2 Å². The molecular weight excluding hydrogens is 312 g/mol. The molecule has 4 nitrogen and oxygen atoms in total. The number of hydrogen-bond acceptors (Lipinski definition) is 4. The molecule has 130 valence electrons. The summed E-state index contributed by atoms with van der Waals surface area (Å²) in [5.74, 6) is 0.617. The van der Waals surface area contributed by atoms with Crippen molar-refractivity contribution in [1.82, 2.24) is 9.88 Å². The predicted octanol–water partition coefficient (Wildman–Crippen LogP) is 4.80. The molecule has 0 unspecified atom stereocenters. The van der Waals surface area contributed by atoms with Gasteiger partial charge >= 0.3 is 0 Å². The number of aromatic nitrogens is 1. The van der Waals surface area contributed by atoms with Crippen molar-refractivity contribution in [3.05, 3.63) is 53.9 Å². The Balaban J connectivity index is 1.64. The number of rotatable bonds is 5. The smallest absolute Gasteiger partial charge is 0.221 e. The summed E-state index contributed by atoms with van der Waals surface area (Å²) in [5, 5.41) is 0. The molecular formula is C21H24N2O2. The first-order chi connectivity index (χ1) is 12.2. The molecule has 0 amide bonds. The molecule has 0 bridgehead atoms. The average molecular weight is 336 g/mol. The van der Waals surface area contributed by atoms with Crippen LogP contribution in [-0.4, -0.2) is 30.1 Å². The van der Waals surface area contributed by atoms with Gasteiger partial charge in [-0.1, -0.05) is 24.3 Å². The summed E-state index contributed by atoms with van der Waals surface area (Å²) < 4.78 is 10.8. The molecule has 0 aliphatic carbocycles. The molecule has 1 aliphatic rings. The Kier molecular flexibility index (Phi) is 4.55. The van der Waals surface area contributed by atoms with E-state index in [1.165, 1.54) is 42.6 Å². The second kappa shape index (κ2) is 6.98. The Morgan fingerprint density at radius 2 is 1.92 bits per heavy atom. The number of benzene rings is 2. The van der Waals surface area contributed by atoms with Crippen molar-refractivity contribution in [2.24, 2.45) is 0 Å². The highest BCUT2D eigenvalue weighted by Crippen LogP contribution is 2.30. The topological polar surface area (TPSA) is 38.5 Å². The first kappa shape index (κ1) is 16.3. The van der Waals surface area contributed by atoms with Crippen LogP contribution in [0.25, 0.3) is 22.2 Å². The van der Waals surface area contributed by atoms with Crippen LogP contribution in [0.15, 0.2) is 46.9 Å². The lowest BCUT2D eigenvalue weighted by molar-refractivity contribution is 0.161. The van der Waals surface area contributed by atoms with Crippen molar-refractivity contribution in [2.75, 3.05) is 20.2 Å². The standard InChI is InChI=1S/C21H24N2O2/c1-15(23-10-3-4-11-23)16-6-5-7-17(12-16)18-8-9-20-19(13-18)22-21(25-20)14-24-2/h5-9,12-13,15H,3-4,10-11,14H2,1-2H3/t15-/m1/s1. The SMILES string of the molecule is COCc1nc2cc(-c3cccc([C@@H](C)N4CCCC4)c3)ccc2o1. The van der Waals surface area contributed by atoms with Gasteiger partial charge in [-0.2, -0.15) is 0 Å². The first-order valence-corrected chi connectivity index (χ1v) is 8.97. The van der Waals surface area contributed by atoms with Crippen LogP contribution in [-0.2, 0) is 11.3 Å². The molecule has 1 fully saturated rings. The van der Waals surface area contributed by atoms with Gasteiger partial charge in [0.05, 0.1) is 0 Å². The fourth-order valence-electron chi connectivity index (χ4n) is 3.66. The third-order valence-electron chi connectivity index (χ3n) is 5.09. The maximum atomic E-state index is 5.69. The first-order valence-electron chi connectivity index (χ1n) is 8.97. The van der Waals surface area contributed by atoms with E-state index >= 15 is 0 Å². The van der Waals surface area contributed by atoms with Gasteiger partial charge < -0.3 is 9.15 Å². The number of fused-ring (bicyclic) bond motifs is 1. The van der Waals surface area contributed by atoms with Gasteiger partial charge in [0.1, 0.15) is 12.1 Å². The van der Waals surface area contributed by atoms with Crippen molar-refractivity contribution < 1.29 is 9.15 Å². The van der Waals surface area contributed by atoms with Crippen LogP contribution in [0.2, 0.25) is 0 Å². The number of methoxy groups -OCH3 is 1. The molecule has 0 saturated carbocycles. The molecule has 2 aromatic carbocycles. The van der Waals surface area contributed by atoms with Crippen molar-refractivity contribution in [2.45, 2.75) is 32.4 Å². The van der Waals surface area contributed by atoms with Gasteiger partial charge in [-0.3, -0.25) is 4.90 Å². The van der Waals surface area contributed by atoms with E-state index in [0.29, 0.717) is 18.5 Å². The van der Waals surface area contributed by atoms with Gasteiger partial charge in [-0.25, -0.2) is 4.98 Å². The molecule has 1 atom stereocenters. The zero-order valence-electron chi connectivity index (χ0n) is 14.9. The van der Waals surface area contributed by atoms with Gasteiger partial charge in [-0.05, 0) is 67.7 Å².